The van der Waals surface area contributed by atoms with Gasteiger partial charge in [0.05, 0.1) is 21.3 Å². The highest BCUT2D eigenvalue weighted by atomic mass is 19.4. The molecule has 1 N–H and O–H groups in total. The standard InChI is InChI=1S/C18H23F3N2O5/c1-26-13-8-12(9-14(27-2)15(13)28-3)17(25)23-6-4-11(5-7-23)16(24)22-10-18(19,20)21/h8-9,11H,4-7,10H2,1-3H3,(H,22,24). The van der Waals surface area contributed by atoms with Crippen LogP contribution in [0, 0.1) is 5.92 Å². The van der Waals surface area contributed by atoms with Crippen LogP contribution in [0.4, 0.5) is 13.2 Å². The molecule has 0 spiro atoms. The second-order valence-electron chi connectivity index (χ2n) is 6.31. The Bertz CT molecular complexity index is 691. The van der Waals surface area contributed by atoms with Crippen molar-refractivity contribution in [3.05, 3.63) is 17.7 Å². The number of amides is 2. The first-order valence-electron chi connectivity index (χ1n) is 8.64. The van der Waals surface area contributed by atoms with Crippen LogP contribution in [0.15, 0.2) is 12.1 Å². The lowest BCUT2D eigenvalue weighted by Gasteiger charge is -2.31. The number of halogens is 3. The van der Waals surface area contributed by atoms with E-state index in [2.05, 4.69) is 0 Å². The molecule has 1 saturated heterocycles. The van der Waals surface area contributed by atoms with Gasteiger partial charge in [0, 0.05) is 24.6 Å². The zero-order chi connectivity index (χ0) is 20.9. The van der Waals surface area contributed by atoms with E-state index in [1.807, 2.05) is 5.32 Å². The number of carbonyl (C=O) groups excluding carboxylic acids is 2. The van der Waals surface area contributed by atoms with Crippen LogP contribution in [-0.2, 0) is 4.79 Å². The molecule has 7 nitrogen and oxygen atoms in total. The van der Waals surface area contributed by atoms with Gasteiger partial charge in [0.15, 0.2) is 11.5 Å². The van der Waals surface area contributed by atoms with Crippen molar-refractivity contribution in [3.63, 3.8) is 0 Å². The molecule has 0 aliphatic carbocycles. The van der Waals surface area contributed by atoms with Gasteiger partial charge in [-0.05, 0) is 25.0 Å². The molecule has 1 aromatic rings. The van der Waals surface area contributed by atoms with Crippen molar-refractivity contribution in [1.29, 1.82) is 0 Å². The van der Waals surface area contributed by atoms with E-state index in [4.69, 9.17) is 14.2 Å². The lowest BCUT2D eigenvalue weighted by atomic mass is 9.95. The molecule has 0 bridgehead atoms. The van der Waals surface area contributed by atoms with Gasteiger partial charge in [0.2, 0.25) is 11.7 Å². The minimum Gasteiger partial charge on any atom is -0.493 e. The van der Waals surface area contributed by atoms with Gasteiger partial charge in [0.25, 0.3) is 5.91 Å². The van der Waals surface area contributed by atoms with E-state index in [0.29, 0.717) is 35.7 Å². The molecule has 10 heteroatoms. The molecule has 2 amide bonds. The number of likely N-dealkylation sites (tertiary alicyclic amines) is 1. The summed E-state index contributed by atoms with van der Waals surface area (Å²) in [4.78, 5) is 26.2. The van der Waals surface area contributed by atoms with Gasteiger partial charge in [-0.3, -0.25) is 9.59 Å². The summed E-state index contributed by atoms with van der Waals surface area (Å²) in [5.74, 6) is -0.434. The molecule has 2 rings (SSSR count). The first-order chi connectivity index (χ1) is 13.2. The maximum atomic E-state index is 12.8. The van der Waals surface area contributed by atoms with E-state index in [0.717, 1.165) is 0 Å². The number of benzene rings is 1. The van der Waals surface area contributed by atoms with Crippen molar-refractivity contribution in [2.75, 3.05) is 41.0 Å². The zero-order valence-electron chi connectivity index (χ0n) is 15.9. The molecule has 0 radical (unpaired) electrons. The average molecular weight is 404 g/mol. The largest absolute Gasteiger partial charge is 0.493 e. The summed E-state index contributed by atoms with van der Waals surface area (Å²) in [7, 11) is 4.34. The molecular formula is C18H23F3N2O5. The van der Waals surface area contributed by atoms with E-state index in [1.54, 1.807) is 4.90 Å². The second kappa shape index (κ2) is 9.03. The van der Waals surface area contributed by atoms with E-state index < -0.39 is 24.5 Å². The highest BCUT2D eigenvalue weighted by molar-refractivity contribution is 5.96. The summed E-state index contributed by atoms with van der Waals surface area (Å²) in [6.45, 7) is -0.824. The molecule has 0 aromatic heterocycles. The highest BCUT2D eigenvalue weighted by Crippen LogP contribution is 2.38. The molecule has 156 valence electrons. The monoisotopic (exact) mass is 404 g/mol. The van der Waals surface area contributed by atoms with Crippen molar-refractivity contribution < 1.29 is 37.0 Å². The Morgan fingerprint density at radius 1 is 1.07 bits per heavy atom. The van der Waals surface area contributed by atoms with Crippen molar-refractivity contribution in [2.45, 2.75) is 19.0 Å². The third kappa shape index (κ3) is 5.20. The Morgan fingerprint density at radius 3 is 2.04 bits per heavy atom. The Balaban J connectivity index is 2.03. The minimum atomic E-state index is -4.45. The van der Waals surface area contributed by atoms with Crippen LogP contribution in [0.1, 0.15) is 23.2 Å². The Labute approximate surface area is 160 Å². The molecule has 1 aliphatic heterocycles. The van der Waals surface area contributed by atoms with E-state index in [-0.39, 0.29) is 19.0 Å². The summed E-state index contributed by atoms with van der Waals surface area (Å²) in [6, 6.07) is 3.07. The van der Waals surface area contributed by atoms with Crippen LogP contribution >= 0.6 is 0 Å². The molecule has 1 heterocycles. The van der Waals surface area contributed by atoms with Gasteiger partial charge in [-0.2, -0.15) is 13.2 Å². The minimum absolute atomic E-state index is 0.263. The fourth-order valence-electron chi connectivity index (χ4n) is 3.06. The van der Waals surface area contributed by atoms with Crippen LogP contribution < -0.4 is 19.5 Å². The smallest absolute Gasteiger partial charge is 0.405 e. The lowest BCUT2D eigenvalue weighted by molar-refractivity contribution is -0.141. The van der Waals surface area contributed by atoms with Crippen LogP contribution in [0.25, 0.3) is 0 Å². The Kier molecular flexibility index (Phi) is 6.98. The third-order valence-corrected chi connectivity index (χ3v) is 4.53. The maximum Gasteiger partial charge on any atom is 0.405 e. The zero-order valence-corrected chi connectivity index (χ0v) is 15.9. The van der Waals surface area contributed by atoms with Crippen LogP contribution in [0.2, 0.25) is 0 Å². The summed E-state index contributed by atoms with van der Waals surface area (Å²) >= 11 is 0. The number of rotatable bonds is 6. The van der Waals surface area contributed by atoms with Crippen LogP contribution in [0.3, 0.4) is 0 Å². The molecule has 0 unspecified atom stereocenters. The summed E-state index contributed by atoms with van der Waals surface area (Å²) in [5, 5.41) is 1.90. The molecule has 1 aromatic carbocycles. The van der Waals surface area contributed by atoms with Gasteiger partial charge in [-0.1, -0.05) is 0 Å². The summed E-state index contributed by atoms with van der Waals surface area (Å²) in [6.07, 6.45) is -3.86. The average Bonchev–Trinajstić information content (AvgIpc) is 2.69. The molecule has 1 aliphatic rings. The number of nitrogens with zero attached hydrogens (tertiary/aromatic N) is 1. The number of hydrogen-bond acceptors (Lipinski definition) is 5. The number of methoxy groups -OCH3 is 3. The van der Waals surface area contributed by atoms with Gasteiger partial charge in [0.1, 0.15) is 6.54 Å². The predicted octanol–water partition coefficient (Wildman–Crippen LogP) is 2.24. The number of alkyl halides is 3. The van der Waals surface area contributed by atoms with Gasteiger partial charge in [-0.25, -0.2) is 0 Å². The number of ether oxygens (including phenoxy) is 3. The molecule has 1 fully saturated rings. The molecular weight excluding hydrogens is 381 g/mol. The number of hydrogen-bond donors (Lipinski definition) is 1. The normalized spacial score (nSPS) is 15.1. The number of carbonyl (C=O) groups is 2. The maximum absolute atomic E-state index is 12.8. The van der Waals surface area contributed by atoms with Crippen molar-refractivity contribution in [3.8, 4) is 17.2 Å². The SMILES string of the molecule is COc1cc(C(=O)N2CCC(C(=O)NCC(F)(F)F)CC2)cc(OC)c1OC. The lowest BCUT2D eigenvalue weighted by Crippen LogP contribution is -2.44. The topological polar surface area (TPSA) is 77.1 Å². The molecule has 0 atom stereocenters. The summed E-state index contributed by atoms with van der Waals surface area (Å²) < 4.78 is 52.4. The fourth-order valence-corrected chi connectivity index (χ4v) is 3.06. The Hall–Kier alpha value is -2.65. The number of piperidine rings is 1. The first-order valence-corrected chi connectivity index (χ1v) is 8.64. The predicted molar refractivity (Wildman–Crippen MR) is 93.8 cm³/mol. The van der Waals surface area contributed by atoms with E-state index >= 15 is 0 Å². The van der Waals surface area contributed by atoms with Crippen molar-refractivity contribution in [2.24, 2.45) is 5.92 Å². The second-order valence-corrected chi connectivity index (χ2v) is 6.31. The highest BCUT2D eigenvalue weighted by Gasteiger charge is 2.32. The first kappa shape index (κ1) is 21.6. The fraction of sp³-hybridized carbons (Fsp3) is 0.556. The van der Waals surface area contributed by atoms with Gasteiger partial charge >= 0.3 is 6.18 Å². The molecule has 28 heavy (non-hydrogen) atoms. The third-order valence-electron chi connectivity index (χ3n) is 4.53. The van der Waals surface area contributed by atoms with Crippen molar-refractivity contribution >= 4 is 11.8 Å². The molecule has 0 saturated carbocycles. The van der Waals surface area contributed by atoms with Crippen LogP contribution in [0.5, 0.6) is 17.2 Å². The van der Waals surface area contributed by atoms with Crippen LogP contribution in [-0.4, -0.2) is 63.9 Å². The Morgan fingerprint density at radius 2 is 1.61 bits per heavy atom. The van der Waals surface area contributed by atoms with E-state index in [9.17, 15) is 22.8 Å². The number of nitrogens with one attached hydrogen (secondary N) is 1. The summed E-state index contributed by atoms with van der Waals surface area (Å²) in [5.41, 5.74) is 0.328. The van der Waals surface area contributed by atoms with Gasteiger partial charge in [-0.15, -0.1) is 0 Å². The van der Waals surface area contributed by atoms with Gasteiger partial charge < -0.3 is 24.4 Å². The quantitative estimate of drug-likeness (QED) is 0.787. The van der Waals surface area contributed by atoms with E-state index in [1.165, 1.54) is 33.5 Å². The van der Waals surface area contributed by atoms with Crippen molar-refractivity contribution in [1.82, 2.24) is 10.2 Å².